The van der Waals surface area contributed by atoms with Gasteiger partial charge in [-0.3, -0.25) is 0 Å². The highest BCUT2D eigenvalue weighted by Gasteiger charge is 2.49. The van der Waals surface area contributed by atoms with Crippen LogP contribution in [0.1, 0.15) is 52.9 Å². The smallest absolute Gasteiger partial charge is 0.157 e. The first-order chi connectivity index (χ1) is 8.62. The van der Waals surface area contributed by atoms with Crippen molar-refractivity contribution < 1.29 is 9.47 Å². The number of ether oxygens (including phenoxy) is 2. The zero-order valence-electron chi connectivity index (χ0n) is 12.0. The zero-order chi connectivity index (χ0) is 13.0. The molecule has 0 amide bonds. The Morgan fingerprint density at radius 2 is 2.17 bits per heavy atom. The Morgan fingerprint density at radius 3 is 2.72 bits per heavy atom. The maximum atomic E-state index is 5.82. The van der Waals surface area contributed by atoms with Crippen LogP contribution in [0.15, 0.2) is 0 Å². The minimum Gasteiger partial charge on any atom is -0.353 e. The second-order valence-corrected chi connectivity index (χ2v) is 6.10. The molecular weight excluding hydrogens is 224 g/mol. The predicted octanol–water partition coefficient (Wildman–Crippen LogP) is 3.61. The van der Waals surface area contributed by atoms with Gasteiger partial charge in [0.05, 0.1) is 6.61 Å². The van der Waals surface area contributed by atoms with E-state index in [1.54, 1.807) is 0 Å². The summed E-state index contributed by atoms with van der Waals surface area (Å²) in [5.41, 5.74) is 0.249. The molecule has 2 aliphatic rings. The third-order valence-corrected chi connectivity index (χ3v) is 4.05. The lowest BCUT2D eigenvalue weighted by atomic mass is 10.00. The van der Waals surface area contributed by atoms with E-state index < -0.39 is 0 Å². The normalized spacial score (nSPS) is 35.1. The van der Waals surface area contributed by atoms with Crippen molar-refractivity contribution >= 4 is 0 Å². The standard InChI is InChI=1S/C16H26O2/c1-13(2)7-8-16(12-14(16)3)9-11-18-15-6-4-5-10-17-15/h13-15H,4-6,9-12H2,1-3H3. The van der Waals surface area contributed by atoms with E-state index in [1.165, 1.54) is 19.3 Å². The van der Waals surface area contributed by atoms with Crippen molar-refractivity contribution in [2.75, 3.05) is 13.2 Å². The van der Waals surface area contributed by atoms with Gasteiger partial charge >= 0.3 is 0 Å². The molecule has 1 aliphatic heterocycles. The summed E-state index contributed by atoms with van der Waals surface area (Å²) < 4.78 is 11.4. The van der Waals surface area contributed by atoms with E-state index in [4.69, 9.17) is 9.47 Å². The molecule has 0 aromatic heterocycles. The molecule has 2 heteroatoms. The molecular formula is C16H26O2. The van der Waals surface area contributed by atoms with Crippen LogP contribution in [-0.4, -0.2) is 19.5 Å². The van der Waals surface area contributed by atoms with Gasteiger partial charge in [-0.2, -0.15) is 0 Å². The number of hydrogen-bond donors (Lipinski definition) is 0. The van der Waals surface area contributed by atoms with E-state index in [-0.39, 0.29) is 11.7 Å². The average Bonchev–Trinajstić information content (AvgIpc) is 2.99. The van der Waals surface area contributed by atoms with E-state index in [9.17, 15) is 0 Å². The van der Waals surface area contributed by atoms with Gasteiger partial charge in [-0.1, -0.05) is 32.6 Å². The monoisotopic (exact) mass is 250 g/mol. The fourth-order valence-corrected chi connectivity index (χ4v) is 2.58. The van der Waals surface area contributed by atoms with Gasteiger partial charge in [-0.05, 0) is 38.0 Å². The third kappa shape index (κ3) is 3.73. The van der Waals surface area contributed by atoms with E-state index in [1.807, 2.05) is 0 Å². The molecule has 2 rings (SSSR count). The molecule has 0 N–H and O–H groups in total. The second-order valence-electron chi connectivity index (χ2n) is 6.10. The number of rotatable bonds is 4. The molecule has 2 nitrogen and oxygen atoms in total. The fourth-order valence-electron chi connectivity index (χ4n) is 2.58. The topological polar surface area (TPSA) is 18.5 Å². The van der Waals surface area contributed by atoms with Crippen LogP contribution >= 0.6 is 0 Å². The van der Waals surface area contributed by atoms with Crippen LogP contribution in [0.4, 0.5) is 0 Å². The molecule has 3 unspecified atom stereocenters. The molecule has 1 saturated heterocycles. The Bertz CT molecular complexity index is 320. The fraction of sp³-hybridized carbons (Fsp3) is 0.875. The van der Waals surface area contributed by atoms with Gasteiger partial charge < -0.3 is 9.47 Å². The summed E-state index contributed by atoms with van der Waals surface area (Å²) in [4.78, 5) is 0. The van der Waals surface area contributed by atoms with Crippen molar-refractivity contribution in [3.8, 4) is 11.8 Å². The lowest BCUT2D eigenvalue weighted by Gasteiger charge is -2.23. The Kier molecular flexibility index (Phi) is 4.70. The molecule has 3 atom stereocenters. The lowest BCUT2D eigenvalue weighted by molar-refractivity contribution is -0.164. The van der Waals surface area contributed by atoms with Gasteiger partial charge in [0.1, 0.15) is 0 Å². The van der Waals surface area contributed by atoms with Crippen molar-refractivity contribution in [1.82, 2.24) is 0 Å². The Hall–Kier alpha value is -0.520. The van der Waals surface area contributed by atoms with Crippen molar-refractivity contribution in [3.05, 3.63) is 0 Å². The van der Waals surface area contributed by atoms with Crippen LogP contribution in [0.25, 0.3) is 0 Å². The largest absolute Gasteiger partial charge is 0.353 e. The Labute approximate surface area is 111 Å². The molecule has 102 valence electrons. The van der Waals surface area contributed by atoms with Crippen molar-refractivity contribution in [2.45, 2.75) is 59.2 Å². The molecule has 1 heterocycles. The second kappa shape index (κ2) is 6.08. The van der Waals surface area contributed by atoms with Crippen LogP contribution in [0.5, 0.6) is 0 Å². The summed E-state index contributed by atoms with van der Waals surface area (Å²) in [5.74, 6) is 8.02. The van der Waals surface area contributed by atoms with E-state index in [2.05, 4.69) is 32.6 Å². The lowest BCUT2D eigenvalue weighted by Crippen LogP contribution is -2.23. The predicted molar refractivity (Wildman–Crippen MR) is 73.0 cm³/mol. The third-order valence-electron chi connectivity index (χ3n) is 4.05. The molecule has 1 saturated carbocycles. The molecule has 2 fully saturated rings. The molecule has 18 heavy (non-hydrogen) atoms. The van der Waals surface area contributed by atoms with Crippen molar-refractivity contribution in [3.63, 3.8) is 0 Å². The highest BCUT2D eigenvalue weighted by atomic mass is 16.7. The maximum Gasteiger partial charge on any atom is 0.157 e. The highest BCUT2D eigenvalue weighted by molar-refractivity contribution is 5.23. The summed E-state index contributed by atoms with van der Waals surface area (Å²) in [6, 6.07) is 0. The summed E-state index contributed by atoms with van der Waals surface area (Å²) in [6.45, 7) is 8.26. The van der Waals surface area contributed by atoms with Gasteiger partial charge in [0, 0.05) is 17.9 Å². The summed E-state index contributed by atoms with van der Waals surface area (Å²) in [7, 11) is 0. The van der Waals surface area contributed by atoms with Gasteiger partial charge in [0.15, 0.2) is 6.29 Å². The van der Waals surface area contributed by atoms with Crippen LogP contribution in [0.3, 0.4) is 0 Å². The first-order valence-electron chi connectivity index (χ1n) is 7.38. The van der Waals surface area contributed by atoms with E-state index >= 15 is 0 Å². The molecule has 0 spiro atoms. The van der Waals surface area contributed by atoms with E-state index in [0.717, 1.165) is 32.0 Å². The SMILES string of the molecule is CC(C)C#CC1(CCOC2CCCCO2)CC1C. The molecule has 0 aromatic carbocycles. The Balaban J connectivity index is 1.73. The molecule has 0 aromatic rings. The van der Waals surface area contributed by atoms with Crippen LogP contribution in [0, 0.1) is 29.1 Å². The van der Waals surface area contributed by atoms with Crippen molar-refractivity contribution in [2.24, 2.45) is 17.3 Å². The molecule has 0 radical (unpaired) electrons. The molecule has 1 aliphatic carbocycles. The highest BCUT2D eigenvalue weighted by Crippen LogP contribution is 2.54. The van der Waals surface area contributed by atoms with Crippen LogP contribution in [-0.2, 0) is 9.47 Å². The van der Waals surface area contributed by atoms with Crippen molar-refractivity contribution in [1.29, 1.82) is 0 Å². The minimum atomic E-state index is 0.0444. The first kappa shape index (κ1) is 13.9. The summed E-state index contributed by atoms with van der Waals surface area (Å²) >= 11 is 0. The average molecular weight is 250 g/mol. The van der Waals surface area contributed by atoms with Crippen LogP contribution in [0.2, 0.25) is 0 Å². The number of hydrogen-bond acceptors (Lipinski definition) is 2. The first-order valence-corrected chi connectivity index (χ1v) is 7.38. The maximum absolute atomic E-state index is 5.82. The van der Waals surface area contributed by atoms with Gasteiger partial charge in [-0.25, -0.2) is 0 Å². The van der Waals surface area contributed by atoms with Gasteiger partial charge in [0.25, 0.3) is 0 Å². The van der Waals surface area contributed by atoms with E-state index in [0.29, 0.717) is 5.92 Å². The minimum absolute atomic E-state index is 0.0444. The summed E-state index contributed by atoms with van der Waals surface area (Å²) in [5, 5.41) is 0. The zero-order valence-corrected chi connectivity index (χ0v) is 12.0. The van der Waals surface area contributed by atoms with Crippen LogP contribution < -0.4 is 0 Å². The quantitative estimate of drug-likeness (QED) is 0.710. The Morgan fingerprint density at radius 1 is 1.39 bits per heavy atom. The van der Waals surface area contributed by atoms with Gasteiger partial charge in [0.2, 0.25) is 0 Å². The molecule has 0 bridgehead atoms. The summed E-state index contributed by atoms with van der Waals surface area (Å²) in [6.07, 6.45) is 5.82. The van der Waals surface area contributed by atoms with Gasteiger partial charge in [-0.15, -0.1) is 0 Å².